The zero-order valence-electron chi connectivity index (χ0n) is 16.9. The summed E-state index contributed by atoms with van der Waals surface area (Å²) in [6.45, 7) is 6.08. The van der Waals surface area contributed by atoms with Gasteiger partial charge in [0.2, 0.25) is 5.91 Å². The molecule has 148 valence electrons. The van der Waals surface area contributed by atoms with Crippen LogP contribution in [0, 0.1) is 13.8 Å². The van der Waals surface area contributed by atoms with Crippen LogP contribution in [0.5, 0.6) is 0 Å². The Bertz CT molecular complexity index is 1110. The normalized spacial score (nSPS) is 12.2. The molecule has 6 nitrogen and oxygen atoms in total. The Kier molecular flexibility index (Phi) is 5.16. The number of carbonyl (C=O) groups is 1. The Balaban J connectivity index is 1.39. The van der Waals surface area contributed by atoms with Crippen LogP contribution in [0.2, 0.25) is 0 Å². The lowest BCUT2D eigenvalue weighted by molar-refractivity contribution is -0.121. The maximum absolute atomic E-state index is 12.5. The fourth-order valence-electron chi connectivity index (χ4n) is 3.54. The number of aromatic nitrogens is 4. The lowest BCUT2D eigenvalue weighted by Crippen LogP contribution is -2.27. The topological polar surface area (TPSA) is 75.6 Å². The van der Waals surface area contributed by atoms with Crippen molar-refractivity contribution in [3.05, 3.63) is 77.4 Å². The fourth-order valence-corrected chi connectivity index (χ4v) is 3.54. The first-order valence-corrected chi connectivity index (χ1v) is 9.86. The van der Waals surface area contributed by atoms with Gasteiger partial charge in [0.1, 0.15) is 5.82 Å². The quantitative estimate of drug-likeness (QED) is 0.521. The van der Waals surface area contributed by atoms with E-state index in [-0.39, 0.29) is 11.9 Å². The van der Waals surface area contributed by atoms with Crippen LogP contribution in [0.1, 0.15) is 42.0 Å². The van der Waals surface area contributed by atoms with Gasteiger partial charge in [0.15, 0.2) is 0 Å². The van der Waals surface area contributed by atoms with E-state index in [2.05, 4.69) is 51.6 Å². The lowest BCUT2D eigenvalue weighted by Gasteiger charge is -2.14. The first kappa shape index (κ1) is 18.9. The molecule has 2 N–H and O–H groups in total. The molecule has 1 atom stereocenters. The molecule has 6 heteroatoms. The Morgan fingerprint density at radius 1 is 1.14 bits per heavy atom. The molecular weight excluding hydrogens is 362 g/mol. The van der Waals surface area contributed by atoms with Crippen LogP contribution in [0.15, 0.2) is 54.7 Å². The molecule has 0 aliphatic heterocycles. The van der Waals surface area contributed by atoms with Gasteiger partial charge in [-0.15, -0.1) is 0 Å². The maximum atomic E-state index is 12.5. The maximum Gasteiger partial charge on any atom is 0.220 e. The Hall–Kier alpha value is -3.41. The molecule has 29 heavy (non-hydrogen) atoms. The molecule has 0 saturated carbocycles. The van der Waals surface area contributed by atoms with Gasteiger partial charge in [0.25, 0.3) is 0 Å². The summed E-state index contributed by atoms with van der Waals surface area (Å²) in [5.41, 5.74) is 6.19. The van der Waals surface area contributed by atoms with Crippen LogP contribution >= 0.6 is 0 Å². The number of amides is 1. The summed E-state index contributed by atoms with van der Waals surface area (Å²) in [6, 6.07) is 16.0. The smallest absolute Gasteiger partial charge is 0.220 e. The molecule has 0 radical (unpaired) electrons. The molecule has 0 saturated heterocycles. The summed E-state index contributed by atoms with van der Waals surface area (Å²) < 4.78 is 1.91. The first-order valence-electron chi connectivity index (χ1n) is 9.86. The number of aromatic amines is 1. The highest BCUT2D eigenvalue weighted by molar-refractivity contribution is 5.77. The standard InChI is InChI=1S/C23H25N5O/c1-15-8-10-18(11-9-15)28-17(3)19(14-24-28)16(2)25-23(29)13-12-22-26-20-6-4-5-7-21(20)27-22/h4-11,14,16H,12-13H2,1-3H3,(H,25,29)(H,26,27)/t16-/m0/s1. The van der Waals surface area contributed by atoms with Gasteiger partial charge in [-0.05, 0) is 45.0 Å². The number of hydrogen-bond donors (Lipinski definition) is 2. The molecule has 4 aromatic rings. The molecule has 0 bridgehead atoms. The molecule has 4 rings (SSSR count). The van der Waals surface area contributed by atoms with Gasteiger partial charge in [-0.3, -0.25) is 4.79 Å². The van der Waals surface area contributed by atoms with Crippen molar-refractivity contribution in [3.8, 4) is 5.69 Å². The highest BCUT2D eigenvalue weighted by Gasteiger charge is 2.16. The molecule has 2 aromatic carbocycles. The molecule has 2 heterocycles. The van der Waals surface area contributed by atoms with E-state index < -0.39 is 0 Å². The molecule has 1 amide bonds. The third-order valence-electron chi connectivity index (χ3n) is 5.20. The number of fused-ring (bicyclic) bond motifs is 1. The number of hydrogen-bond acceptors (Lipinski definition) is 3. The second kappa shape index (κ2) is 7.91. The molecule has 0 spiro atoms. The molecule has 0 unspecified atom stereocenters. The minimum Gasteiger partial charge on any atom is -0.349 e. The molecular formula is C23H25N5O. The molecule has 0 fully saturated rings. The number of H-pyrrole nitrogens is 1. The minimum atomic E-state index is -0.114. The number of imidazole rings is 1. The summed E-state index contributed by atoms with van der Waals surface area (Å²) in [5.74, 6) is 0.831. The van der Waals surface area contributed by atoms with E-state index in [4.69, 9.17) is 0 Å². The van der Waals surface area contributed by atoms with E-state index in [1.54, 1.807) is 0 Å². The average Bonchev–Trinajstić information content (AvgIpc) is 3.30. The van der Waals surface area contributed by atoms with E-state index in [0.29, 0.717) is 12.8 Å². The average molecular weight is 387 g/mol. The lowest BCUT2D eigenvalue weighted by atomic mass is 10.1. The van der Waals surface area contributed by atoms with Crippen molar-refractivity contribution < 1.29 is 4.79 Å². The number of rotatable bonds is 6. The Labute approximate surface area is 170 Å². The molecule has 0 aliphatic rings. The third-order valence-corrected chi connectivity index (χ3v) is 5.20. The van der Waals surface area contributed by atoms with Crippen LogP contribution < -0.4 is 5.32 Å². The fraction of sp³-hybridized carbons (Fsp3) is 0.261. The minimum absolute atomic E-state index is 0.000409. The predicted molar refractivity (Wildman–Crippen MR) is 114 cm³/mol. The summed E-state index contributed by atoms with van der Waals surface area (Å²) in [5, 5.41) is 7.59. The van der Waals surface area contributed by atoms with Gasteiger partial charge in [0.05, 0.1) is 29.0 Å². The highest BCUT2D eigenvalue weighted by atomic mass is 16.1. The second-order valence-corrected chi connectivity index (χ2v) is 7.42. The Morgan fingerprint density at radius 2 is 1.90 bits per heavy atom. The van der Waals surface area contributed by atoms with E-state index in [1.165, 1.54) is 5.56 Å². The van der Waals surface area contributed by atoms with Gasteiger partial charge < -0.3 is 10.3 Å². The van der Waals surface area contributed by atoms with Crippen molar-refractivity contribution in [3.63, 3.8) is 0 Å². The SMILES string of the molecule is Cc1ccc(-n2ncc([C@H](C)NC(=O)CCc3nc4ccccc4[nH]3)c2C)cc1. The van der Waals surface area contributed by atoms with Gasteiger partial charge in [-0.2, -0.15) is 5.10 Å². The largest absolute Gasteiger partial charge is 0.349 e. The summed E-state index contributed by atoms with van der Waals surface area (Å²) in [6.07, 6.45) is 2.80. The monoisotopic (exact) mass is 387 g/mol. The van der Waals surface area contributed by atoms with Gasteiger partial charge in [0, 0.05) is 24.1 Å². The van der Waals surface area contributed by atoms with Crippen LogP contribution in [0.3, 0.4) is 0 Å². The molecule has 2 aromatic heterocycles. The predicted octanol–water partition coefficient (Wildman–Crippen LogP) is 4.18. The van der Waals surface area contributed by atoms with Gasteiger partial charge >= 0.3 is 0 Å². The zero-order chi connectivity index (χ0) is 20.4. The summed E-state index contributed by atoms with van der Waals surface area (Å²) in [7, 11) is 0. The van der Waals surface area contributed by atoms with Crippen LogP contribution in [0.25, 0.3) is 16.7 Å². The van der Waals surface area contributed by atoms with Gasteiger partial charge in [-0.1, -0.05) is 29.8 Å². The number of nitrogens with one attached hydrogen (secondary N) is 2. The summed E-state index contributed by atoms with van der Waals surface area (Å²) >= 11 is 0. The van der Waals surface area contributed by atoms with Crippen molar-refractivity contribution >= 4 is 16.9 Å². The Morgan fingerprint density at radius 3 is 2.66 bits per heavy atom. The van der Waals surface area contributed by atoms with Crippen molar-refractivity contribution in [1.29, 1.82) is 0 Å². The highest BCUT2D eigenvalue weighted by Crippen LogP contribution is 2.20. The number of para-hydroxylation sites is 2. The number of benzene rings is 2. The summed E-state index contributed by atoms with van der Waals surface area (Å²) in [4.78, 5) is 20.3. The van der Waals surface area contributed by atoms with E-state index in [0.717, 1.165) is 33.8 Å². The van der Waals surface area contributed by atoms with Crippen LogP contribution in [-0.2, 0) is 11.2 Å². The molecule has 0 aliphatic carbocycles. The second-order valence-electron chi connectivity index (χ2n) is 7.42. The third kappa shape index (κ3) is 4.06. The van der Waals surface area contributed by atoms with E-state index in [9.17, 15) is 4.79 Å². The zero-order valence-corrected chi connectivity index (χ0v) is 16.9. The van der Waals surface area contributed by atoms with Crippen LogP contribution in [0.4, 0.5) is 0 Å². The van der Waals surface area contributed by atoms with E-state index in [1.807, 2.05) is 49.0 Å². The van der Waals surface area contributed by atoms with Crippen LogP contribution in [-0.4, -0.2) is 25.7 Å². The van der Waals surface area contributed by atoms with Crippen molar-refractivity contribution in [2.75, 3.05) is 0 Å². The van der Waals surface area contributed by atoms with Gasteiger partial charge in [-0.25, -0.2) is 9.67 Å². The number of carbonyl (C=O) groups excluding carboxylic acids is 1. The first-order chi connectivity index (χ1) is 14.0. The number of nitrogens with zero attached hydrogens (tertiary/aromatic N) is 3. The van der Waals surface area contributed by atoms with Crippen molar-refractivity contribution in [2.24, 2.45) is 0 Å². The van der Waals surface area contributed by atoms with Crippen molar-refractivity contribution in [2.45, 2.75) is 39.7 Å². The van der Waals surface area contributed by atoms with Crippen molar-refractivity contribution in [1.82, 2.24) is 25.1 Å². The number of aryl methyl sites for hydroxylation is 2. The van der Waals surface area contributed by atoms with E-state index >= 15 is 0 Å².